The molecule has 2 heterocycles. The molecular weight excluding hydrogens is 214 g/mol. The molecule has 2 aliphatic rings. The monoisotopic (exact) mass is 239 g/mol. The molecule has 4 heteroatoms. The van der Waals surface area contributed by atoms with Gasteiger partial charge in [-0.25, -0.2) is 0 Å². The van der Waals surface area contributed by atoms with Crippen molar-refractivity contribution in [3.8, 4) is 0 Å². The Hall–Kier alpha value is -0.610. The van der Waals surface area contributed by atoms with E-state index in [0.29, 0.717) is 24.4 Å². The Morgan fingerprint density at radius 1 is 1.35 bits per heavy atom. The van der Waals surface area contributed by atoms with Gasteiger partial charge in [0, 0.05) is 38.1 Å². The number of nitrogens with zero attached hydrogens (tertiary/aromatic N) is 2. The van der Waals surface area contributed by atoms with E-state index in [2.05, 4.69) is 29.1 Å². The zero-order valence-electron chi connectivity index (χ0n) is 11.1. The molecule has 0 aromatic heterocycles. The van der Waals surface area contributed by atoms with Crippen molar-refractivity contribution >= 4 is 5.91 Å². The minimum atomic E-state index is 0.338. The fraction of sp³-hybridized carbons (Fsp3) is 0.923. The summed E-state index contributed by atoms with van der Waals surface area (Å²) in [6, 6.07) is 0.785. The first-order valence-corrected chi connectivity index (χ1v) is 6.88. The fourth-order valence-corrected chi connectivity index (χ4v) is 2.94. The van der Waals surface area contributed by atoms with Gasteiger partial charge in [0.25, 0.3) is 0 Å². The van der Waals surface area contributed by atoms with Crippen LogP contribution in [0.5, 0.6) is 0 Å². The Bertz CT molecular complexity index is 263. The van der Waals surface area contributed by atoms with E-state index in [4.69, 9.17) is 0 Å². The number of carbonyl (C=O) groups is 1. The van der Waals surface area contributed by atoms with Gasteiger partial charge in [-0.2, -0.15) is 0 Å². The number of hydrogen-bond donors (Lipinski definition) is 1. The van der Waals surface area contributed by atoms with Crippen LogP contribution < -0.4 is 5.32 Å². The van der Waals surface area contributed by atoms with Crippen LogP contribution in [-0.4, -0.2) is 61.0 Å². The molecule has 2 saturated heterocycles. The predicted molar refractivity (Wildman–Crippen MR) is 68.9 cm³/mol. The van der Waals surface area contributed by atoms with E-state index < -0.39 is 0 Å². The van der Waals surface area contributed by atoms with Crippen molar-refractivity contribution in [1.82, 2.24) is 15.1 Å². The van der Waals surface area contributed by atoms with Crippen LogP contribution in [0, 0.1) is 0 Å². The van der Waals surface area contributed by atoms with Gasteiger partial charge in [-0.3, -0.25) is 4.79 Å². The molecule has 0 aromatic carbocycles. The second-order valence-corrected chi connectivity index (χ2v) is 5.55. The van der Waals surface area contributed by atoms with Gasteiger partial charge in [0.2, 0.25) is 5.91 Å². The van der Waals surface area contributed by atoms with Crippen LogP contribution >= 0.6 is 0 Å². The van der Waals surface area contributed by atoms with E-state index in [9.17, 15) is 4.79 Å². The lowest BCUT2D eigenvalue weighted by Gasteiger charge is -2.39. The highest BCUT2D eigenvalue weighted by Crippen LogP contribution is 2.14. The molecule has 0 spiro atoms. The number of hydrogen-bond acceptors (Lipinski definition) is 3. The number of piperazine rings is 1. The van der Waals surface area contributed by atoms with Crippen molar-refractivity contribution in [1.29, 1.82) is 0 Å². The molecule has 1 amide bonds. The number of amides is 1. The number of nitrogens with one attached hydrogen (secondary N) is 1. The molecule has 0 aliphatic carbocycles. The standard InChI is InChI=1S/C13H25N3O/c1-11-10-15(2)7-8-16(11)13(17)9-12-5-3-4-6-14-12/h11-12,14H,3-10H2,1-2H3. The number of likely N-dealkylation sites (N-methyl/N-ethyl adjacent to an activating group) is 1. The molecular formula is C13H25N3O. The SMILES string of the molecule is CC1CN(C)CCN1C(=O)CC1CCCCN1. The zero-order chi connectivity index (χ0) is 12.3. The first-order chi connectivity index (χ1) is 8.16. The van der Waals surface area contributed by atoms with E-state index in [-0.39, 0.29) is 0 Å². The van der Waals surface area contributed by atoms with Crippen molar-refractivity contribution in [3.05, 3.63) is 0 Å². The van der Waals surface area contributed by atoms with E-state index in [0.717, 1.165) is 32.6 Å². The normalized spacial score (nSPS) is 31.5. The summed E-state index contributed by atoms with van der Waals surface area (Å²) in [5.74, 6) is 0.338. The zero-order valence-corrected chi connectivity index (χ0v) is 11.1. The van der Waals surface area contributed by atoms with Gasteiger partial charge in [-0.1, -0.05) is 6.42 Å². The molecule has 1 N–H and O–H groups in total. The topological polar surface area (TPSA) is 35.6 Å². The number of piperidine rings is 1. The molecule has 98 valence electrons. The van der Waals surface area contributed by atoms with Gasteiger partial charge in [-0.15, -0.1) is 0 Å². The Balaban J connectivity index is 1.82. The quantitative estimate of drug-likeness (QED) is 0.770. The summed E-state index contributed by atoms with van der Waals surface area (Å²) in [6.07, 6.45) is 4.38. The third-order valence-electron chi connectivity index (χ3n) is 3.98. The van der Waals surface area contributed by atoms with Crippen molar-refractivity contribution < 1.29 is 4.79 Å². The summed E-state index contributed by atoms with van der Waals surface area (Å²) in [7, 11) is 2.13. The van der Waals surface area contributed by atoms with Crippen molar-refractivity contribution in [2.75, 3.05) is 33.2 Å². The third kappa shape index (κ3) is 3.42. The van der Waals surface area contributed by atoms with E-state index in [1.54, 1.807) is 0 Å². The van der Waals surface area contributed by atoms with Gasteiger partial charge in [-0.05, 0) is 33.4 Å². The van der Waals surface area contributed by atoms with Crippen LogP contribution in [0.15, 0.2) is 0 Å². The average Bonchev–Trinajstić information content (AvgIpc) is 2.30. The van der Waals surface area contributed by atoms with E-state index in [1.807, 2.05) is 0 Å². The maximum Gasteiger partial charge on any atom is 0.224 e. The smallest absolute Gasteiger partial charge is 0.224 e. The van der Waals surface area contributed by atoms with Crippen LogP contribution in [0.4, 0.5) is 0 Å². The largest absolute Gasteiger partial charge is 0.337 e. The second kappa shape index (κ2) is 5.83. The molecule has 0 aromatic rings. The number of rotatable bonds is 2. The van der Waals surface area contributed by atoms with Crippen LogP contribution in [-0.2, 0) is 4.79 Å². The molecule has 2 unspecified atom stereocenters. The molecule has 2 rings (SSSR count). The van der Waals surface area contributed by atoms with Crippen LogP contribution in [0.2, 0.25) is 0 Å². The minimum absolute atomic E-state index is 0.338. The predicted octanol–water partition coefficient (Wildman–Crippen LogP) is 0.681. The van der Waals surface area contributed by atoms with Crippen molar-refractivity contribution in [3.63, 3.8) is 0 Å². The molecule has 4 nitrogen and oxygen atoms in total. The molecule has 2 fully saturated rings. The van der Waals surface area contributed by atoms with Gasteiger partial charge in [0.05, 0.1) is 0 Å². The summed E-state index contributed by atoms with van der Waals surface area (Å²) in [4.78, 5) is 16.6. The summed E-state index contributed by atoms with van der Waals surface area (Å²) < 4.78 is 0. The summed E-state index contributed by atoms with van der Waals surface area (Å²) in [5.41, 5.74) is 0. The van der Waals surface area contributed by atoms with Crippen LogP contribution in [0.1, 0.15) is 32.6 Å². The molecule has 2 aliphatic heterocycles. The lowest BCUT2D eigenvalue weighted by atomic mass is 10.0. The minimum Gasteiger partial charge on any atom is -0.337 e. The van der Waals surface area contributed by atoms with Gasteiger partial charge >= 0.3 is 0 Å². The highest BCUT2D eigenvalue weighted by Gasteiger charge is 2.27. The molecule has 0 radical (unpaired) electrons. The average molecular weight is 239 g/mol. The highest BCUT2D eigenvalue weighted by atomic mass is 16.2. The second-order valence-electron chi connectivity index (χ2n) is 5.55. The summed E-state index contributed by atoms with van der Waals surface area (Å²) >= 11 is 0. The van der Waals surface area contributed by atoms with Gasteiger partial charge in [0.1, 0.15) is 0 Å². The summed E-state index contributed by atoms with van der Waals surface area (Å²) in [6.45, 7) is 6.14. The lowest BCUT2D eigenvalue weighted by Crippen LogP contribution is -2.53. The number of carbonyl (C=O) groups excluding carboxylic acids is 1. The fourth-order valence-electron chi connectivity index (χ4n) is 2.94. The van der Waals surface area contributed by atoms with Crippen LogP contribution in [0.3, 0.4) is 0 Å². The van der Waals surface area contributed by atoms with E-state index in [1.165, 1.54) is 12.8 Å². The highest BCUT2D eigenvalue weighted by molar-refractivity contribution is 5.77. The lowest BCUT2D eigenvalue weighted by molar-refractivity contribution is -0.136. The first-order valence-electron chi connectivity index (χ1n) is 6.88. The third-order valence-corrected chi connectivity index (χ3v) is 3.98. The Morgan fingerprint density at radius 3 is 2.82 bits per heavy atom. The molecule has 17 heavy (non-hydrogen) atoms. The molecule has 0 saturated carbocycles. The van der Waals surface area contributed by atoms with E-state index >= 15 is 0 Å². The molecule has 2 atom stereocenters. The Labute approximate surface area is 104 Å². The molecule has 0 bridgehead atoms. The van der Waals surface area contributed by atoms with Crippen molar-refractivity contribution in [2.45, 2.75) is 44.7 Å². The van der Waals surface area contributed by atoms with Crippen LogP contribution in [0.25, 0.3) is 0 Å². The van der Waals surface area contributed by atoms with Crippen molar-refractivity contribution in [2.24, 2.45) is 0 Å². The first kappa shape index (κ1) is 12.8. The Kier molecular flexibility index (Phi) is 4.40. The Morgan fingerprint density at radius 2 is 2.18 bits per heavy atom. The maximum atomic E-state index is 12.3. The van der Waals surface area contributed by atoms with Gasteiger partial charge in [0.15, 0.2) is 0 Å². The van der Waals surface area contributed by atoms with Gasteiger partial charge < -0.3 is 15.1 Å². The maximum absolute atomic E-state index is 12.3. The summed E-state index contributed by atoms with van der Waals surface area (Å²) in [5, 5.41) is 3.45.